The van der Waals surface area contributed by atoms with Crippen LogP contribution in [0.1, 0.15) is 27.3 Å². The van der Waals surface area contributed by atoms with Gasteiger partial charge < -0.3 is 30.0 Å². The molecule has 0 saturated carbocycles. The topological polar surface area (TPSA) is 168 Å². The molecular formula is C34H32N6O6. The van der Waals surface area contributed by atoms with Crippen LogP contribution in [0.4, 0.5) is 0 Å². The highest BCUT2D eigenvalue weighted by molar-refractivity contribution is 5.96. The molecule has 2 heterocycles. The lowest BCUT2D eigenvalue weighted by Gasteiger charge is -2.21. The average molecular weight is 621 g/mol. The molecule has 0 aliphatic rings. The standard InChI is InChI=1S/C34H32N6O6/c41-30(18-35-31(42)29-21-46-33(39-29)25-14-8-3-9-15-25)37-27(16-23-10-4-1-5-11-23)32(43)38-28(34(44)45)17-26-20-40(22-36-26)19-24-12-6-2-7-13-24/h1-15,20-22,27-28H,16-19H2,(H,35,42)(H,37,41)(H,38,43)(H,44,45)/t27-,28-/m0/s1. The predicted octanol–water partition coefficient (Wildman–Crippen LogP) is 2.86. The Labute approximate surface area is 264 Å². The molecule has 0 fully saturated rings. The maximum atomic E-state index is 13.4. The van der Waals surface area contributed by atoms with Gasteiger partial charge in [0, 0.05) is 31.1 Å². The van der Waals surface area contributed by atoms with Crippen molar-refractivity contribution >= 4 is 23.7 Å². The van der Waals surface area contributed by atoms with Crippen LogP contribution < -0.4 is 16.0 Å². The van der Waals surface area contributed by atoms with Gasteiger partial charge in [0.15, 0.2) is 5.69 Å². The Morgan fingerprint density at radius 2 is 1.46 bits per heavy atom. The van der Waals surface area contributed by atoms with E-state index in [9.17, 15) is 24.3 Å². The summed E-state index contributed by atoms with van der Waals surface area (Å²) < 4.78 is 7.22. The monoisotopic (exact) mass is 620 g/mol. The number of oxazole rings is 1. The molecule has 3 aromatic carbocycles. The van der Waals surface area contributed by atoms with Crippen molar-refractivity contribution in [3.63, 3.8) is 0 Å². The third kappa shape index (κ3) is 8.76. The number of nitrogens with zero attached hydrogens (tertiary/aromatic N) is 3. The van der Waals surface area contributed by atoms with Gasteiger partial charge in [-0.3, -0.25) is 14.4 Å². The van der Waals surface area contributed by atoms with Crippen LogP contribution in [0.2, 0.25) is 0 Å². The van der Waals surface area contributed by atoms with Crippen LogP contribution in [-0.4, -0.2) is 62.0 Å². The molecule has 5 rings (SSSR count). The van der Waals surface area contributed by atoms with Crippen LogP contribution >= 0.6 is 0 Å². The minimum atomic E-state index is -1.30. The molecule has 0 aliphatic heterocycles. The molecule has 12 nitrogen and oxygen atoms in total. The zero-order chi connectivity index (χ0) is 32.3. The van der Waals surface area contributed by atoms with Crippen molar-refractivity contribution in [2.24, 2.45) is 0 Å². The predicted molar refractivity (Wildman–Crippen MR) is 167 cm³/mol. The molecule has 0 bridgehead atoms. The summed E-state index contributed by atoms with van der Waals surface area (Å²) in [6.45, 7) is 0.108. The summed E-state index contributed by atoms with van der Waals surface area (Å²) in [6.07, 6.45) is 4.57. The number of aromatic nitrogens is 3. The van der Waals surface area contributed by atoms with E-state index in [2.05, 4.69) is 25.9 Å². The lowest BCUT2D eigenvalue weighted by molar-refractivity contribution is -0.142. The first-order chi connectivity index (χ1) is 22.3. The molecule has 0 saturated heterocycles. The van der Waals surface area contributed by atoms with Crippen LogP contribution in [0, 0.1) is 0 Å². The van der Waals surface area contributed by atoms with Gasteiger partial charge in [-0.05, 0) is 23.3 Å². The highest BCUT2D eigenvalue weighted by atomic mass is 16.4. The van der Waals surface area contributed by atoms with Crippen molar-refractivity contribution in [1.29, 1.82) is 0 Å². The van der Waals surface area contributed by atoms with Gasteiger partial charge in [0.2, 0.25) is 17.7 Å². The number of carbonyl (C=O) groups excluding carboxylic acids is 3. The minimum Gasteiger partial charge on any atom is -0.480 e. The van der Waals surface area contributed by atoms with Crippen molar-refractivity contribution in [3.05, 3.63) is 132 Å². The number of aliphatic carboxylic acids is 1. The molecule has 234 valence electrons. The second kappa shape index (κ2) is 15.1. The zero-order valence-corrected chi connectivity index (χ0v) is 24.7. The summed E-state index contributed by atoms with van der Waals surface area (Å²) in [6, 6.07) is 25.3. The third-order valence-electron chi connectivity index (χ3n) is 7.02. The van der Waals surface area contributed by atoms with E-state index in [4.69, 9.17) is 4.42 Å². The SMILES string of the molecule is O=C(CNC(=O)c1coc(-c2ccccc2)n1)N[C@@H](Cc1ccccc1)C(=O)N[C@@H](Cc1cn(Cc2ccccc2)cn1)C(=O)O. The van der Waals surface area contributed by atoms with Crippen molar-refractivity contribution in [2.75, 3.05) is 6.54 Å². The van der Waals surface area contributed by atoms with Gasteiger partial charge in [-0.15, -0.1) is 0 Å². The smallest absolute Gasteiger partial charge is 0.326 e. The Balaban J connectivity index is 1.20. The summed E-state index contributed by atoms with van der Waals surface area (Å²) in [7, 11) is 0. The first-order valence-corrected chi connectivity index (χ1v) is 14.5. The van der Waals surface area contributed by atoms with Crippen LogP contribution in [-0.2, 0) is 33.8 Å². The van der Waals surface area contributed by atoms with Crippen molar-refractivity contribution < 1.29 is 28.7 Å². The molecule has 3 amide bonds. The number of carbonyl (C=O) groups is 4. The average Bonchev–Trinajstić information content (AvgIpc) is 3.74. The van der Waals surface area contributed by atoms with E-state index in [1.54, 1.807) is 48.9 Å². The minimum absolute atomic E-state index is 0.0132. The van der Waals surface area contributed by atoms with E-state index >= 15 is 0 Å². The Kier molecular flexibility index (Phi) is 10.3. The maximum Gasteiger partial charge on any atom is 0.326 e. The van der Waals surface area contributed by atoms with Crippen molar-refractivity contribution in [3.8, 4) is 11.5 Å². The van der Waals surface area contributed by atoms with Crippen LogP contribution in [0.3, 0.4) is 0 Å². The summed E-state index contributed by atoms with van der Waals surface area (Å²) in [5, 5.41) is 17.5. The van der Waals surface area contributed by atoms with E-state index < -0.39 is 42.3 Å². The number of carboxylic acids is 1. The third-order valence-corrected chi connectivity index (χ3v) is 7.02. The maximum absolute atomic E-state index is 13.4. The Morgan fingerprint density at radius 3 is 2.13 bits per heavy atom. The number of rotatable bonds is 14. The van der Waals surface area contributed by atoms with Gasteiger partial charge in [0.1, 0.15) is 18.3 Å². The highest BCUT2D eigenvalue weighted by Gasteiger charge is 2.28. The molecular weight excluding hydrogens is 588 g/mol. The van der Waals surface area contributed by atoms with Gasteiger partial charge in [-0.1, -0.05) is 78.9 Å². The molecule has 46 heavy (non-hydrogen) atoms. The molecule has 2 atom stereocenters. The number of benzene rings is 3. The fourth-order valence-electron chi connectivity index (χ4n) is 4.72. The molecule has 5 aromatic rings. The van der Waals surface area contributed by atoms with Crippen molar-refractivity contribution in [1.82, 2.24) is 30.5 Å². The fraction of sp³-hybridized carbons (Fsp3) is 0.176. The van der Waals surface area contributed by atoms with E-state index in [1.807, 2.05) is 59.2 Å². The molecule has 2 aromatic heterocycles. The summed E-state index contributed by atoms with van der Waals surface area (Å²) >= 11 is 0. The lowest BCUT2D eigenvalue weighted by Crippen LogP contribution is -2.54. The molecule has 0 radical (unpaired) electrons. The number of hydrogen-bond acceptors (Lipinski definition) is 7. The van der Waals surface area contributed by atoms with Gasteiger partial charge in [-0.2, -0.15) is 0 Å². The van der Waals surface area contributed by atoms with E-state index in [-0.39, 0.29) is 24.4 Å². The second-order valence-electron chi connectivity index (χ2n) is 10.5. The first kappa shape index (κ1) is 31.4. The van der Waals surface area contributed by atoms with Crippen LogP contribution in [0.15, 0.2) is 114 Å². The molecule has 4 N–H and O–H groups in total. The highest BCUT2D eigenvalue weighted by Crippen LogP contribution is 2.17. The van der Waals surface area contributed by atoms with Gasteiger partial charge in [0.25, 0.3) is 5.91 Å². The summed E-state index contributed by atoms with van der Waals surface area (Å²) in [4.78, 5) is 59.6. The van der Waals surface area contributed by atoms with Gasteiger partial charge in [0.05, 0.1) is 18.6 Å². The first-order valence-electron chi connectivity index (χ1n) is 14.5. The number of amides is 3. The molecule has 0 unspecified atom stereocenters. The zero-order valence-electron chi connectivity index (χ0n) is 24.7. The Morgan fingerprint density at radius 1 is 0.804 bits per heavy atom. The van der Waals surface area contributed by atoms with Gasteiger partial charge in [-0.25, -0.2) is 14.8 Å². The number of carboxylic acid groups (broad SMARTS) is 1. The van der Waals surface area contributed by atoms with Gasteiger partial charge >= 0.3 is 5.97 Å². The summed E-state index contributed by atoms with van der Waals surface area (Å²) in [5.41, 5.74) is 2.96. The molecule has 0 aliphatic carbocycles. The molecule has 0 spiro atoms. The van der Waals surface area contributed by atoms with Crippen LogP contribution in [0.25, 0.3) is 11.5 Å². The normalized spacial score (nSPS) is 12.1. The van der Waals surface area contributed by atoms with E-state index in [0.717, 1.165) is 11.1 Å². The number of hydrogen-bond donors (Lipinski definition) is 4. The summed E-state index contributed by atoms with van der Waals surface area (Å²) in [5.74, 6) is -2.97. The van der Waals surface area contributed by atoms with Crippen LogP contribution in [0.5, 0.6) is 0 Å². The number of imidazole rings is 1. The Bertz CT molecular complexity index is 1770. The van der Waals surface area contributed by atoms with E-state index in [1.165, 1.54) is 6.26 Å². The van der Waals surface area contributed by atoms with E-state index in [0.29, 0.717) is 17.8 Å². The quantitative estimate of drug-likeness (QED) is 0.147. The molecule has 12 heteroatoms. The second-order valence-corrected chi connectivity index (χ2v) is 10.5. The Hall–Kier alpha value is -6.04. The largest absolute Gasteiger partial charge is 0.480 e. The lowest BCUT2D eigenvalue weighted by atomic mass is 10.0. The number of nitrogens with one attached hydrogen (secondary N) is 3. The van der Waals surface area contributed by atoms with Crippen molar-refractivity contribution in [2.45, 2.75) is 31.5 Å². The fourth-order valence-corrected chi connectivity index (χ4v) is 4.72.